The molecule has 0 spiro atoms. The van der Waals surface area contributed by atoms with E-state index in [1.165, 1.54) is 13.3 Å². The maximum atomic E-state index is 13.0. The van der Waals surface area contributed by atoms with Crippen LogP contribution in [0.5, 0.6) is 0 Å². The highest BCUT2D eigenvalue weighted by Crippen LogP contribution is 2.38. The van der Waals surface area contributed by atoms with E-state index in [1.807, 2.05) is 0 Å². The Morgan fingerprint density at radius 3 is 2.36 bits per heavy atom. The molecule has 2 fully saturated rings. The minimum Gasteiger partial charge on any atom is -0.295 e. The van der Waals surface area contributed by atoms with Crippen LogP contribution >= 0.6 is 0 Å². The molecule has 1 saturated heterocycles. The molecule has 2 atom stereocenters. The number of fused-ring (bicyclic) bond motifs is 1. The first-order valence-electron chi connectivity index (χ1n) is 8.13. The van der Waals surface area contributed by atoms with Crippen LogP contribution in [0.3, 0.4) is 0 Å². The van der Waals surface area contributed by atoms with Crippen LogP contribution in [0.4, 0.5) is 0 Å². The van der Waals surface area contributed by atoms with Gasteiger partial charge in [0.2, 0.25) is 10.0 Å². The highest BCUT2D eigenvalue weighted by molar-refractivity contribution is 7.89. The molecule has 1 aliphatic carbocycles. The van der Waals surface area contributed by atoms with Crippen molar-refractivity contribution in [1.82, 2.24) is 4.31 Å². The molecule has 0 radical (unpaired) electrons. The Labute approximate surface area is 132 Å². The van der Waals surface area contributed by atoms with Crippen molar-refractivity contribution in [2.45, 2.75) is 56.4 Å². The Morgan fingerprint density at radius 2 is 1.68 bits per heavy atom. The van der Waals surface area contributed by atoms with Gasteiger partial charge in [0.25, 0.3) is 0 Å². The molecule has 1 aromatic carbocycles. The van der Waals surface area contributed by atoms with Crippen LogP contribution in [0.2, 0.25) is 0 Å². The summed E-state index contributed by atoms with van der Waals surface area (Å²) in [6, 6.07) is 6.52. The molecule has 0 aromatic heterocycles. The molecule has 22 heavy (non-hydrogen) atoms. The van der Waals surface area contributed by atoms with E-state index in [-0.39, 0.29) is 11.8 Å². The van der Waals surface area contributed by atoms with Gasteiger partial charge in [0.1, 0.15) is 0 Å². The lowest BCUT2D eigenvalue weighted by atomic mass is 9.79. The quantitative estimate of drug-likeness (QED) is 0.803. The van der Waals surface area contributed by atoms with Crippen LogP contribution in [0.15, 0.2) is 29.2 Å². The summed E-state index contributed by atoms with van der Waals surface area (Å²) < 4.78 is 27.7. The molecule has 1 aliphatic heterocycles. The zero-order valence-corrected chi connectivity index (χ0v) is 13.8. The van der Waals surface area contributed by atoms with Gasteiger partial charge in [-0.15, -0.1) is 0 Å². The normalized spacial score (nSPS) is 26.4. The van der Waals surface area contributed by atoms with Gasteiger partial charge in [-0.2, -0.15) is 4.31 Å². The van der Waals surface area contributed by atoms with E-state index in [4.69, 9.17) is 0 Å². The number of Topliss-reactive ketones (excluding diaryl/α,β-unsaturated/α-hetero) is 1. The zero-order valence-electron chi connectivity index (χ0n) is 13.0. The first-order valence-corrected chi connectivity index (χ1v) is 9.57. The summed E-state index contributed by atoms with van der Waals surface area (Å²) in [4.78, 5) is 11.6. The first-order chi connectivity index (χ1) is 10.5. The Balaban J connectivity index is 1.89. The van der Waals surface area contributed by atoms with E-state index < -0.39 is 10.0 Å². The third-order valence-corrected chi connectivity index (χ3v) is 7.00. The second kappa shape index (κ2) is 6.13. The fourth-order valence-corrected chi connectivity index (χ4v) is 5.63. The molecule has 4 nitrogen and oxygen atoms in total. The van der Waals surface area contributed by atoms with E-state index in [0.717, 1.165) is 32.1 Å². The largest absolute Gasteiger partial charge is 0.295 e. The summed E-state index contributed by atoms with van der Waals surface area (Å²) in [5.74, 6) is 0.475. The van der Waals surface area contributed by atoms with Crippen molar-refractivity contribution >= 4 is 15.8 Å². The van der Waals surface area contributed by atoms with E-state index in [0.29, 0.717) is 22.9 Å². The van der Waals surface area contributed by atoms with Crippen molar-refractivity contribution in [2.75, 3.05) is 6.54 Å². The maximum absolute atomic E-state index is 13.0. The van der Waals surface area contributed by atoms with Crippen LogP contribution in [-0.2, 0) is 10.0 Å². The number of nitrogens with zero attached hydrogens (tertiary/aromatic N) is 1. The lowest BCUT2D eigenvalue weighted by Gasteiger charge is -2.43. The van der Waals surface area contributed by atoms with Crippen molar-refractivity contribution in [2.24, 2.45) is 5.92 Å². The number of sulfonamides is 1. The van der Waals surface area contributed by atoms with Crippen LogP contribution < -0.4 is 0 Å². The SMILES string of the molecule is CC(=O)c1ccc(S(=O)(=O)N2CCCC3CCCCC32)cc1. The predicted octanol–water partition coefficient (Wildman–Crippen LogP) is 3.23. The Morgan fingerprint density at radius 1 is 1.05 bits per heavy atom. The number of piperidine rings is 1. The van der Waals surface area contributed by atoms with Gasteiger partial charge >= 0.3 is 0 Å². The van der Waals surface area contributed by atoms with Gasteiger partial charge in [0, 0.05) is 18.2 Å². The van der Waals surface area contributed by atoms with Gasteiger partial charge in [-0.05, 0) is 50.7 Å². The molecule has 1 heterocycles. The average Bonchev–Trinajstić information content (AvgIpc) is 2.54. The molecule has 5 heteroatoms. The maximum Gasteiger partial charge on any atom is 0.243 e. The molecule has 0 N–H and O–H groups in total. The number of ketones is 1. The summed E-state index contributed by atoms with van der Waals surface area (Å²) >= 11 is 0. The van der Waals surface area contributed by atoms with Gasteiger partial charge < -0.3 is 0 Å². The molecule has 1 saturated carbocycles. The smallest absolute Gasteiger partial charge is 0.243 e. The van der Waals surface area contributed by atoms with Crippen LogP contribution in [0.25, 0.3) is 0 Å². The van der Waals surface area contributed by atoms with Crippen LogP contribution in [0, 0.1) is 5.92 Å². The number of rotatable bonds is 3. The lowest BCUT2D eigenvalue weighted by Crippen LogP contribution is -2.49. The van der Waals surface area contributed by atoms with Crippen molar-refractivity contribution in [3.05, 3.63) is 29.8 Å². The topological polar surface area (TPSA) is 54.5 Å². The molecule has 0 amide bonds. The Bertz CT molecular complexity index is 649. The molecule has 0 bridgehead atoms. The van der Waals surface area contributed by atoms with Crippen molar-refractivity contribution < 1.29 is 13.2 Å². The van der Waals surface area contributed by atoms with Crippen LogP contribution in [-0.4, -0.2) is 31.1 Å². The molecule has 2 unspecified atom stereocenters. The second-order valence-corrected chi connectivity index (χ2v) is 8.34. The number of benzene rings is 1. The highest BCUT2D eigenvalue weighted by atomic mass is 32.2. The Hall–Kier alpha value is -1.20. The summed E-state index contributed by atoms with van der Waals surface area (Å²) in [5.41, 5.74) is 0.549. The molecule has 3 rings (SSSR count). The number of carbonyl (C=O) groups is 1. The number of carbonyl (C=O) groups excluding carboxylic acids is 1. The molecule has 120 valence electrons. The third-order valence-electron chi connectivity index (χ3n) is 5.06. The average molecular weight is 321 g/mol. The minimum atomic E-state index is -3.45. The van der Waals surface area contributed by atoms with Gasteiger partial charge in [-0.25, -0.2) is 8.42 Å². The summed E-state index contributed by atoms with van der Waals surface area (Å²) in [6.45, 7) is 2.11. The fourth-order valence-electron chi connectivity index (χ4n) is 3.87. The molecular formula is C17H23NO3S. The van der Waals surface area contributed by atoms with Gasteiger partial charge in [-0.1, -0.05) is 25.0 Å². The minimum absolute atomic E-state index is 0.0470. The molecule has 2 aliphatic rings. The van der Waals surface area contributed by atoms with Crippen molar-refractivity contribution in [3.8, 4) is 0 Å². The predicted molar refractivity (Wildman–Crippen MR) is 85.3 cm³/mol. The first kappa shape index (κ1) is 15.7. The fraction of sp³-hybridized carbons (Fsp3) is 0.588. The third kappa shape index (κ3) is 2.84. The van der Waals surface area contributed by atoms with Crippen molar-refractivity contribution in [1.29, 1.82) is 0 Å². The molecule has 1 aromatic rings. The van der Waals surface area contributed by atoms with E-state index in [9.17, 15) is 13.2 Å². The summed E-state index contributed by atoms with van der Waals surface area (Å²) in [7, 11) is -3.45. The van der Waals surface area contributed by atoms with Crippen LogP contribution in [0.1, 0.15) is 55.8 Å². The van der Waals surface area contributed by atoms with Crippen molar-refractivity contribution in [3.63, 3.8) is 0 Å². The van der Waals surface area contributed by atoms with E-state index in [2.05, 4.69) is 0 Å². The zero-order chi connectivity index (χ0) is 15.7. The molecular weight excluding hydrogens is 298 g/mol. The standard InChI is InChI=1S/C17H23NO3S/c1-13(19)14-8-10-16(11-9-14)22(20,21)18-12-4-6-15-5-2-3-7-17(15)18/h8-11,15,17H,2-7,12H2,1H3. The van der Waals surface area contributed by atoms with Gasteiger partial charge in [-0.3, -0.25) is 4.79 Å². The highest BCUT2D eigenvalue weighted by Gasteiger charge is 2.39. The number of hydrogen-bond donors (Lipinski definition) is 0. The summed E-state index contributed by atoms with van der Waals surface area (Å²) in [5, 5.41) is 0. The lowest BCUT2D eigenvalue weighted by molar-refractivity contribution is 0.101. The van der Waals surface area contributed by atoms with E-state index in [1.54, 1.807) is 28.6 Å². The number of hydrogen-bond acceptors (Lipinski definition) is 3. The second-order valence-electron chi connectivity index (χ2n) is 6.45. The monoisotopic (exact) mass is 321 g/mol. The summed E-state index contributed by atoms with van der Waals surface area (Å²) in [6.07, 6.45) is 6.58. The van der Waals surface area contributed by atoms with E-state index >= 15 is 0 Å². The Kier molecular flexibility index (Phi) is 4.37. The van der Waals surface area contributed by atoms with Gasteiger partial charge in [0.05, 0.1) is 4.90 Å². The van der Waals surface area contributed by atoms with Gasteiger partial charge in [0.15, 0.2) is 5.78 Å².